The van der Waals surface area contributed by atoms with Crippen LogP contribution in [0.2, 0.25) is 0 Å². The SMILES string of the molecule is CC(=O)N(Cc1ccc([N+](=O)[O-])cc1)c1ccccc1C(=O)O. The fraction of sp³-hybridized carbons (Fsp3) is 0.125. The lowest BCUT2D eigenvalue weighted by molar-refractivity contribution is -0.384. The van der Waals surface area contributed by atoms with Crippen molar-refractivity contribution in [3.8, 4) is 0 Å². The van der Waals surface area contributed by atoms with Gasteiger partial charge in [-0.05, 0) is 17.7 Å². The van der Waals surface area contributed by atoms with Crippen molar-refractivity contribution in [2.75, 3.05) is 4.90 Å². The van der Waals surface area contributed by atoms with Crippen LogP contribution in [0.1, 0.15) is 22.8 Å². The number of carboxylic acid groups (broad SMARTS) is 1. The number of para-hydroxylation sites is 1. The fourth-order valence-corrected chi connectivity index (χ4v) is 2.16. The molecule has 23 heavy (non-hydrogen) atoms. The quantitative estimate of drug-likeness (QED) is 0.675. The van der Waals surface area contributed by atoms with Gasteiger partial charge in [0, 0.05) is 19.1 Å². The first-order valence-electron chi connectivity index (χ1n) is 6.74. The van der Waals surface area contributed by atoms with Gasteiger partial charge < -0.3 is 10.0 Å². The molecule has 0 spiro atoms. The highest BCUT2D eigenvalue weighted by Gasteiger charge is 2.19. The number of non-ortho nitro benzene ring substituents is 1. The van der Waals surface area contributed by atoms with Crippen molar-refractivity contribution in [2.24, 2.45) is 0 Å². The third kappa shape index (κ3) is 3.70. The summed E-state index contributed by atoms with van der Waals surface area (Å²) >= 11 is 0. The van der Waals surface area contributed by atoms with Crippen molar-refractivity contribution in [1.29, 1.82) is 0 Å². The number of nitrogens with zero attached hydrogens (tertiary/aromatic N) is 2. The molecule has 0 aliphatic heterocycles. The number of aromatic carboxylic acids is 1. The summed E-state index contributed by atoms with van der Waals surface area (Å²) in [6.07, 6.45) is 0. The van der Waals surface area contributed by atoms with E-state index in [1.165, 1.54) is 42.2 Å². The highest BCUT2D eigenvalue weighted by molar-refractivity contribution is 6.01. The minimum Gasteiger partial charge on any atom is -0.478 e. The van der Waals surface area contributed by atoms with Gasteiger partial charge in [-0.15, -0.1) is 0 Å². The molecule has 0 bridgehead atoms. The highest BCUT2D eigenvalue weighted by Crippen LogP contribution is 2.23. The van der Waals surface area contributed by atoms with Gasteiger partial charge in [0.1, 0.15) is 0 Å². The molecule has 7 heteroatoms. The molecule has 2 aromatic rings. The van der Waals surface area contributed by atoms with Crippen LogP contribution in [-0.4, -0.2) is 21.9 Å². The van der Waals surface area contributed by atoms with Crippen LogP contribution in [-0.2, 0) is 11.3 Å². The molecule has 0 unspecified atom stereocenters. The Labute approximate surface area is 131 Å². The maximum atomic E-state index is 11.9. The first-order chi connectivity index (χ1) is 10.9. The summed E-state index contributed by atoms with van der Waals surface area (Å²) in [7, 11) is 0. The van der Waals surface area contributed by atoms with Gasteiger partial charge in [0.25, 0.3) is 5.69 Å². The van der Waals surface area contributed by atoms with Crippen LogP contribution in [0.3, 0.4) is 0 Å². The van der Waals surface area contributed by atoms with Crippen LogP contribution in [0.4, 0.5) is 11.4 Å². The van der Waals surface area contributed by atoms with Gasteiger partial charge in [-0.2, -0.15) is 0 Å². The number of carbonyl (C=O) groups excluding carboxylic acids is 1. The van der Waals surface area contributed by atoms with Gasteiger partial charge in [-0.3, -0.25) is 14.9 Å². The Morgan fingerprint density at radius 3 is 2.26 bits per heavy atom. The molecule has 0 saturated carbocycles. The first kappa shape index (κ1) is 16.2. The summed E-state index contributed by atoms with van der Waals surface area (Å²) in [6, 6.07) is 12.0. The van der Waals surface area contributed by atoms with Crippen LogP contribution >= 0.6 is 0 Å². The topological polar surface area (TPSA) is 101 Å². The molecular weight excluding hydrogens is 300 g/mol. The van der Waals surface area contributed by atoms with E-state index in [-0.39, 0.29) is 29.4 Å². The molecule has 0 aliphatic rings. The number of hydrogen-bond acceptors (Lipinski definition) is 4. The van der Waals surface area contributed by atoms with Gasteiger partial charge in [0.05, 0.1) is 22.7 Å². The average molecular weight is 314 g/mol. The third-order valence-electron chi connectivity index (χ3n) is 3.29. The van der Waals surface area contributed by atoms with Crippen LogP contribution in [0.5, 0.6) is 0 Å². The average Bonchev–Trinajstić information content (AvgIpc) is 2.52. The maximum absolute atomic E-state index is 11.9. The molecule has 0 aliphatic carbocycles. The molecule has 118 valence electrons. The highest BCUT2D eigenvalue weighted by atomic mass is 16.6. The lowest BCUT2D eigenvalue weighted by Crippen LogP contribution is -2.29. The van der Waals surface area contributed by atoms with Crippen molar-refractivity contribution >= 4 is 23.3 Å². The normalized spacial score (nSPS) is 10.1. The van der Waals surface area contributed by atoms with Crippen LogP contribution in [0, 0.1) is 10.1 Å². The molecular formula is C16H14N2O5. The minimum absolute atomic E-state index is 0.0182. The van der Waals surface area contributed by atoms with Crippen LogP contribution in [0.25, 0.3) is 0 Å². The van der Waals surface area contributed by atoms with Gasteiger partial charge >= 0.3 is 5.97 Å². The second-order valence-electron chi connectivity index (χ2n) is 4.85. The molecule has 0 aromatic heterocycles. The lowest BCUT2D eigenvalue weighted by Gasteiger charge is -2.23. The van der Waals surface area contributed by atoms with Crippen LogP contribution < -0.4 is 4.90 Å². The predicted molar refractivity (Wildman–Crippen MR) is 83.4 cm³/mol. The Balaban J connectivity index is 2.35. The molecule has 0 fully saturated rings. The van der Waals surface area contributed by atoms with Gasteiger partial charge in [0.15, 0.2) is 0 Å². The van der Waals surface area contributed by atoms with E-state index in [1.54, 1.807) is 18.2 Å². The first-order valence-corrected chi connectivity index (χ1v) is 6.74. The summed E-state index contributed by atoms with van der Waals surface area (Å²) in [5.41, 5.74) is 0.913. The smallest absolute Gasteiger partial charge is 0.337 e. The number of benzene rings is 2. The molecule has 1 N–H and O–H groups in total. The Bertz CT molecular complexity index is 755. The molecule has 1 amide bonds. The van der Waals surface area contributed by atoms with E-state index in [1.807, 2.05) is 0 Å². The number of rotatable bonds is 5. The summed E-state index contributed by atoms with van der Waals surface area (Å²) < 4.78 is 0. The van der Waals surface area contributed by atoms with Crippen LogP contribution in [0.15, 0.2) is 48.5 Å². The van der Waals surface area contributed by atoms with Gasteiger partial charge in [-0.1, -0.05) is 24.3 Å². The van der Waals surface area contributed by atoms with Gasteiger partial charge in [-0.25, -0.2) is 4.79 Å². The molecule has 0 radical (unpaired) electrons. The van der Waals surface area contributed by atoms with E-state index in [2.05, 4.69) is 0 Å². The number of nitro groups is 1. The van der Waals surface area contributed by atoms with Gasteiger partial charge in [0.2, 0.25) is 5.91 Å². The van der Waals surface area contributed by atoms with Crippen molar-refractivity contribution in [3.05, 3.63) is 69.8 Å². The number of amides is 1. The molecule has 0 atom stereocenters. The second kappa shape index (κ2) is 6.69. The fourth-order valence-electron chi connectivity index (χ4n) is 2.16. The van der Waals surface area contributed by atoms with Crippen molar-refractivity contribution in [3.63, 3.8) is 0 Å². The molecule has 7 nitrogen and oxygen atoms in total. The number of anilines is 1. The largest absolute Gasteiger partial charge is 0.478 e. The van der Waals surface area contributed by atoms with E-state index in [9.17, 15) is 24.8 Å². The van der Waals surface area contributed by atoms with E-state index in [0.717, 1.165) is 0 Å². The number of carbonyl (C=O) groups is 2. The molecule has 2 aromatic carbocycles. The van der Waals surface area contributed by atoms with E-state index in [4.69, 9.17) is 0 Å². The van der Waals surface area contributed by atoms with E-state index in [0.29, 0.717) is 5.56 Å². The zero-order valence-corrected chi connectivity index (χ0v) is 12.3. The summed E-state index contributed by atoms with van der Waals surface area (Å²) in [6.45, 7) is 1.46. The zero-order valence-electron chi connectivity index (χ0n) is 12.3. The monoisotopic (exact) mass is 314 g/mol. The summed E-state index contributed by atoms with van der Waals surface area (Å²) in [5.74, 6) is -1.45. The Kier molecular flexibility index (Phi) is 4.70. The summed E-state index contributed by atoms with van der Waals surface area (Å²) in [4.78, 5) is 34.7. The Hall–Kier alpha value is -3.22. The number of hydrogen-bond donors (Lipinski definition) is 1. The predicted octanol–water partition coefficient (Wildman–Crippen LogP) is 2.85. The minimum atomic E-state index is -1.13. The number of carboxylic acids is 1. The lowest BCUT2D eigenvalue weighted by atomic mass is 10.1. The van der Waals surface area contributed by atoms with E-state index >= 15 is 0 Å². The Morgan fingerprint density at radius 1 is 1.13 bits per heavy atom. The van der Waals surface area contributed by atoms with Crippen molar-refractivity contribution in [1.82, 2.24) is 0 Å². The standard InChI is InChI=1S/C16H14N2O5/c1-11(19)17(15-5-3-2-4-14(15)16(20)21)10-12-6-8-13(9-7-12)18(22)23/h2-9H,10H2,1H3,(H,20,21). The molecule has 0 saturated heterocycles. The maximum Gasteiger partial charge on any atom is 0.337 e. The van der Waals surface area contributed by atoms with Crippen molar-refractivity contribution < 1.29 is 19.6 Å². The third-order valence-corrected chi connectivity index (χ3v) is 3.29. The second-order valence-corrected chi connectivity index (χ2v) is 4.85. The summed E-state index contributed by atoms with van der Waals surface area (Å²) in [5, 5.41) is 19.9. The van der Waals surface area contributed by atoms with E-state index < -0.39 is 10.9 Å². The molecule has 2 rings (SSSR count). The molecule has 0 heterocycles. The van der Waals surface area contributed by atoms with Crippen molar-refractivity contribution in [2.45, 2.75) is 13.5 Å². The zero-order chi connectivity index (χ0) is 17.0. The number of nitro benzene ring substituents is 1. The Morgan fingerprint density at radius 2 is 1.74 bits per heavy atom.